The summed E-state index contributed by atoms with van der Waals surface area (Å²) in [7, 11) is 0. The average Bonchev–Trinajstić information content (AvgIpc) is 2.47. The first-order valence-electron chi connectivity index (χ1n) is 7.25. The zero-order chi connectivity index (χ0) is 13.2. The van der Waals surface area contributed by atoms with Gasteiger partial charge in [-0.25, -0.2) is 4.98 Å². The minimum absolute atomic E-state index is 0.455. The molecule has 2 unspecified atom stereocenters. The summed E-state index contributed by atoms with van der Waals surface area (Å²) in [5, 5.41) is 0. The molecule has 19 heavy (non-hydrogen) atoms. The number of piperidine rings is 1. The Hall–Kier alpha value is -1.16. The standard InChI is InChI=1S/C15H21N3S/c16-15(19)12-5-7-17-14(9-12)18-8-6-11-3-1-2-4-13(11)10-18/h5,7,9,11,13H,1-4,6,8,10H2,(H2,16,19). The fraction of sp³-hybridized carbons (Fsp3) is 0.600. The van der Waals surface area contributed by atoms with Gasteiger partial charge in [0.05, 0.1) is 0 Å². The van der Waals surface area contributed by atoms with Gasteiger partial charge in [0.25, 0.3) is 0 Å². The Morgan fingerprint density at radius 3 is 2.84 bits per heavy atom. The molecular weight excluding hydrogens is 254 g/mol. The van der Waals surface area contributed by atoms with Gasteiger partial charge in [-0.1, -0.05) is 31.5 Å². The molecule has 102 valence electrons. The summed E-state index contributed by atoms with van der Waals surface area (Å²) in [6.45, 7) is 2.27. The maximum absolute atomic E-state index is 5.70. The van der Waals surface area contributed by atoms with E-state index in [4.69, 9.17) is 18.0 Å². The van der Waals surface area contributed by atoms with Gasteiger partial charge in [-0.3, -0.25) is 0 Å². The van der Waals surface area contributed by atoms with E-state index in [1.165, 1.54) is 32.1 Å². The van der Waals surface area contributed by atoms with Crippen LogP contribution in [0, 0.1) is 11.8 Å². The van der Waals surface area contributed by atoms with Crippen molar-refractivity contribution in [1.82, 2.24) is 4.98 Å². The zero-order valence-corrected chi connectivity index (χ0v) is 12.0. The quantitative estimate of drug-likeness (QED) is 0.843. The molecule has 2 N–H and O–H groups in total. The van der Waals surface area contributed by atoms with Crippen molar-refractivity contribution < 1.29 is 0 Å². The third-order valence-corrected chi connectivity index (χ3v) is 4.88. The van der Waals surface area contributed by atoms with Crippen molar-refractivity contribution in [2.24, 2.45) is 17.6 Å². The number of hydrogen-bond acceptors (Lipinski definition) is 3. The number of pyridine rings is 1. The fourth-order valence-electron chi connectivity index (χ4n) is 3.55. The lowest BCUT2D eigenvalue weighted by atomic mass is 9.75. The molecule has 1 saturated heterocycles. The number of hydrogen-bond donors (Lipinski definition) is 1. The number of nitrogens with two attached hydrogens (primary N) is 1. The van der Waals surface area contributed by atoms with Gasteiger partial charge in [0.2, 0.25) is 0 Å². The summed E-state index contributed by atoms with van der Waals surface area (Å²) in [4.78, 5) is 7.36. The van der Waals surface area contributed by atoms with Gasteiger partial charge in [-0.05, 0) is 36.8 Å². The number of anilines is 1. The van der Waals surface area contributed by atoms with E-state index in [0.29, 0.717) is 4.99 Å². The van der Waals surface area contributed by atoms with Crippen molar-refractivity contribution in [3.8, 4) is 0 Å². The normalized spacial score (nSPS) is 26.8. The van der Waals surface area contributed by atoms with Crippen molar-refractivity contribution in [3.05, 3.63) is 23.9 Å². The molecule has 2 atom stereocenters. The topological polar surface area (TPSA) is 42.1 Å². The molecule has 4 heteroatoms. The first-order valence-corrected chi connectivity index (χ1v) is 7.65. The van der Waals surface area contributed by atoms with Crippen LogP contribution in [0.4, 0.5) is 5.82 Å². The van der Waals surface area contributed by atoms with Crippen molar-refractivity contribution in [1.29, 1.82) is 0 Å². The van der Waals surface area contributed by atoms with E-state index in [-0.39, 0.29) is 0 Å². The molecule has 0 bridgehead atoms. The van der Waals surface area contributed by atoms with Crippen LogP contribution in [-0.4, -0.2) is 23.1 Å². The smallest absolute Gasteiger partial charge is 0.129 e. The molecule has 1 aromatic heterocycles. The van der Waals surface area contributed by atoms with Gasteiger partial charge in [0.1, 0.15) is 10.8 Å². The molecule has 1 aliphatic carbocycles. The van der Waals surface area contributed by atoms with Crippen LogP contribution in [0.2, 0.25) is 0 Å². The Balaban J connectivity index is 1.75. The minimum atomic E-state index is 0.455. The molecule has 2 heterocycles. The van der Waals surface area contributed by atoms with E-state index in [1.54, 1.807) is 0 Å². The van der Waals surface area contributed by atoms with Crippen molar-refractivity contribution in [2.75, 3.05) is 18.0 Å². The van der Waals surface area contributed by atoms with Gasteiger partial charge in [0.15, 0.2) is 0 Å². The van der Waals surface area contributed by atoms with Crippen LogP contribution < -0.4 is 10.6 Å². The lowest BCUT2D eigenvalue weighted by Crippen LogP contribution is -2.42. The summed E-state index contributed by atoms with van der Waals surface area (Å²) in [6, 6.07) is 3.92. The number of aromatic nitrogens is 1. The molecular formula is C15H21N3S. The van der Waals surface area contributed by atoms with Gasteiger partial charge >= 0.3 is 0 Å². The molecule has 1 saturated carbocycles. The van der Waals surface area contributed by atoms with E-state index in [9.17, 15) is 0 Å². The third kappa shape index (κ3) is 2.73. The largest absolute Gasteiger partial charge is 0.389 e. The molecule has 0 radical (unpaired) electrons. The number of thiocarbonyl (C=S) groups is 1. The monoisotopic (exact) mass is 275 g/mol. The highest BCUT2D eigenvalue weighted by Crippen LogP contribution is 2.37. The van der Waals surface area contributed by atoms with Crippen LogP contribution in [0.15, 0.2) is 18.3 Å². The van der Waals surface area contributed by atoms with Crippen LogP contribution in [0.3, 0.4) is 0 Å². The summed E-state index contributed by atoms with van der Waals surface area (Å²) in [5.41, 5.74) is 6.63. The van der Waals surface area contributed by atoms with Gasteiger partial charge < -0.3 is 10.6 Å². The van der Waals surface area contributed by atoms with E-state index in [0.717, 1.165) is 36.3 Å². The summed E-state index contributed by atoms with van der Waals surface area (Å²) < 4.78 is 0. The number of nitrogens with zero attached hydrogens (tertiary/aromatic N) is 2. The predicted octanol–water partition coefficient (Wildman–Crippen LogP) is 2.73. The summed E-state index contributed by atoms with van der Waals surface area (Å²) >= 11 is 5.05. The molecule has 0 aromatic carbocycles. The predicted molar refractivity (Wildman–Crippen MR) is 82.4 cm³/mol. The Bertz CT molecular complexity index is 474. The Morgan fingerprint density at radius 2 is 2.05 bits per heavy atom. The van der Waals surface area contributed by atoms with E-state index >= 15 is 0 Å². The third-order valence-electron chi connectivity index (χ3n) is 4.65. The SMILES string of the molecule is NC(=S)c1ccnc(N2CCC3CCCCC3C2)c1. The van der Waals surface area contributed by atoms with E-state index < -0.39 is 0 Å². The average molecular weight is 275 g/mol. The molecule has 0 spiro atoms. The molecule has 3 rings (SSSR count). The lowest BCUT2D eigenvalue weighted by Gasteiger charge is -2.41. The highest BCUT2D eigenvalue weighted by Gasteiger charge is 2.31. The van der Waals surface area contributed by atoms with Crippen molar-refractivity contribution in [2.45, 2.75) is 32.1 Å². The summed E-state index contributed by atoms with van der Waals surface area (Å²) in [6.07, 6.45) is 8.77. The number of fused-ring (bicyclic) bond motifs is 1. The summed E-state index contributed by atoms with van der Waals surface area (Å²) in [5.74, 6) is 2.84. The maximum atomic E-state index is 5.70. The van der Waals surface area contributed by atoms with Crippen LogP contribution >= 0.6 is 12.2 Å². The second kappa shape index (κ2) is 5.45. The number of rotatable bonds is 2. The molecule has 1 aliphatic heterocycles. The van der Waals surface area contributed by atoms with Gasteiger partial charge in [0, 0.05) is 24.8 Å². The minimum Gasteiger partial charge on any atom is -0.389 e. The van der Waals surface area contributed by atoms with Crippen LogP contribution in [0.1, 0.15) is 37.7 Å². The first-order chi connectivity index (χ1) is 9.24. The lowest BCUT2D eigenvalue weighted by molar-refractivity contribution is 0.202. The second-order valence-electron chi connectivity index (χ2n) is 5.81. The molecule has 1 aromatic rings. The van der Waals surface area contributed by atoms with Crippen LogP contribution in [-0.2, 0) is 0 Å². The molecule has 3 nitrogen and oxygen atoms in total. The van der Waals surface area contributed by atoms with E-state index in [2.05, 4.69) is 9.88 Å². The second-order valence-corrected chi connectivity index (χ2v) is 6.25. The Labute approximate surface area is 120 Å². The van der Waals surface area contributed by atoms with Gasteiger partial charge in [-0.15, -0.1) is 0 Å². The van der Waals surface area contributed by atoms with Crippen LogP contribution in [0.25, 0.3) is 0 Å². The fourth-order valence-corrected chi connectivity index (χ4v) is 3.68. The van der Waals surface area contributed by atoms with Crippen molar-refractivity contribution >= 4 is 23.0 Å². The first kappa shape index (κ1) is 12.9. The van der Waals surface area contributed by atoms with E-state index in [1.807, 2.05) is 18.3 Å². The highest BCUT2D eigenvalue weighted by molar-refractivity contribution is 7.80. The maximum Gasteiger partial charge on any atom is 0.129 e. The molecule has 0 amide bonds. The Kier molecular flexibility index (Phi) is 3.69. The highest BCUT2D eigenvalue weighted by atomic mass is 32.1. The molecule has 2 aliphatic rings. The van der Waals surface area contributed by atoms with Gasteiger partial charge in [-0.2, -0.15) is 0 Å². The zero-order valence-electron chi connectivity index (χ0n) is 11.2. The van der Waals surface area contributed by atoms with Crippen molar-refractivity contribution in [3.63, 3.8) is 0 Å². The Morgan fingerprint density at radius 1 is 1.26 bits per heavy atom. The van der Waals surface area contributed by atoms with Crippen LogP contribution in [0.5, 0.6) is 0 Å². The molecule has 2 fully saturated rings.